The Morgan fingerprint density at radius 2 is 1.97 bits per heavy atom. The van der Waals surface area contributed by atoms with Crippen molar-refractivity contribution in [1.82, 2.24) is 10.1 Å². The Kier molecular flexibility index (Phi) is 4.28. The molecule has 29 heavy (non-hydrogen) atoms. The highest BCUT2D eigenvalue weighted by atomic mass is 32.1. The van der Waals surface area contributed by atoms with E-state index in [9.17, 15) is 5.26 Å². The van der Waals surface area contributed by atoms with Crippen LogP contribution in [-0.2, 0) is 0 Å². The molecule has 5 rings (SSSR count). The molecular formula is C23H13N3O2S. The molecule has 0 aliphatic carbocycles. The molecule has 0 unspecified atom stereocenters. The predicted octanol–water partition coefficient (Wildman–Crippen LogP) is 6.28. The summed E-state index contributed by atoms with van der Waals surface area (Å²) >= 11 is 1.41. The van der Waals surface area contributed by atoms with Crippen molar-refractivity contribution in [1.29, 1.82) is 5.26 Å². The van der Waals surface area contributed by atoms with Crippen LogP contribution in [0.3, 0.4) is 0 Å². The van der Waals surface area contributed by atoms with E-state index in [0.29, 0.717) is 22.1 Å². The maximum absolute atomic E-state index is 9.68. The van der Waals surface area contributed by atoms with Crippen molar-refractivity contribution >= 4 is 33.9 Å². The Bertz CT molecular complexity index is 1360. The van der Waals surface area contributed by atoms with E-state index in [4.69, 9.17) is 8.94 Å². The Balaban J connectivity index is 1.54. The molecule has 0 amide bonds. The largest absolute Gasteiger partial charge is 0.463 e. The summed E-state index contributed by atoms with van der Waals surface area (Å²) in [6, 6.07) is 21.5. The highest BCUT2D eigenvalue weighted by Gasteiger charge is 2.13. The first kappa shape index (κ1) is 17.2. The zero-order valence-electron chi connectivity index (χ0n) is 15.1. The molecule has 0 atom stereocenters. The fourth-order valence-electron chi connectivity index (χ4n) is 3.09. The number of allylic oxidation sites excluding steroid dienone is 1. The summed E-state index contributed by atoms with van der Waals surface area (Å²) in [7, 11) is 0. The van der Waals surface area contributed by atoms with Crippen LogP contribution >= 0.6 is 11.3 Å². The van der Waals surface area contributed by atoms with Crippen molar-refractivity contribution in [3.8, 4) is 28.8 Å². The lowest BCUT2D eigenvalue weighted by atomic mass is 10.0. The van der Waals surface area contributed by atoms with Crippen molar-refractivity contribution < 1.29 is 8.94 Å². The number of hydrogen-bond acceptors (Lipinski definition) is 6. The van der Waals surface area contributed by atoms with Gasteiger partial charge in [-0.1, -0.05) is 41.6 Å². The van der Waals surface area contributed by atoms with Crippen LogP contribution in [0, 0.1) is 11.3 Å². The van der Waals surface area contributed by atoms with Gasteiger partial charge in [-0.15, -0.1) is 11.3 Å². The lowest BCUT2D eigenvalue weighted by Gasteiger charge is -1.99. The number of hydrogen-bond donors (Lipinski definition) is 0. The molecule has 0 spiro atoms. The first-order valence-corrected chi connectivity index (χ1v) is 9.76. The van der Waals surface area contributed by atoms with Gasteiger partial charge in [-0.2, -0.15) is 5.26 Å². The minimum absolute atomic E-state index is 0.491. The number of fused-ring (bicyclic) bond motifs is 1. The molecule has 0 bridgehead atoms. The van der Waals surface area contributed by atoms with Crippen molar-refractivity contribution in [2.75, 3.05) is 0 Å². The highest BCUT2D eigenvalue weighted by Crippen LogP contribution is 2.31. The average Bonchev–Trinajstić information content (AvgIpc) is 3.52. The molecule has 0 radical (unpaired) electrons. The lowest BCUT2D eigenvalue weighted by Crippen LogP contribution is -1.83. The maximum Gasteiger partial charge on any atom is 0.174 e. The van der Waals surface area contributed by atoms with E-state index < -0.39 is 0 Å². The molecule has 0 aliphatic heterocycles. The monoisotopic (exact) mass is 395 g/mol. The molecule has 3 aromatic heterocycles. The molecule has 138 valence electrons. The summed E-state index contributed by atoms with van der Waals surface area (Å²) in [5.41, 5.74) is 3.82. The molecular weight excluding hydrogens is 382 g/mol. The highest BCUT2D eigenvalue weighted by molar-refractivity contribution is 7.11. The minimum atomic E-state index is 0.491. The summed E-state index contributed by atoms with van der Waals surface area (Å²) < 4.78 is 10.9. The SMILES string of the molecule is N#C/C(=C/c1ccc2noc(-c3ccccc3)c2c1)c1nc(-c2ccco2)cs1. The van der Waals surface area contributed by atoms with E-state index in [1.54, 1.807) is 6.26 Å². The van der Waals surface area contributed by atoms with Crippen molar-refractivity contribution in [3.05, 3.63) is 82.9 Å². The average molecular weight is 395 g/mol. The molecule has 0 aliphatic rings. The molecule has 0 N–H and O–H groups in total. The third-order valence-corrected chi connectivity index (χ3v) is 5.35. The standard InChI is InChI=1S/C23H13N3O2S/c24-13-17(23-25-20(14-29-23)21-7-4-10-27-21)11-15-8-9-19-18(12-15)22(28-26-19)16-5-2-1-3-6-16/h1-12,14H/b17-11-. The number of aromatic nitrogens is 2. The summed E-state index contributed by atoms with van der Waals surface area (Å²) in [5, 5.41) is 17.3. The smallest absolute Gasteiger partial charge is 0.174 e. The van der Waals surface area contributed by atoms with Crippen molar-refractivity contribution in [2.45, 2.75) is 0 Å². The summed E-state index contributed by atoms with van der Waals surface area (Å²) in [6.45, 7) is 0. The number of furan rings is 1. The Morgan fingerprint density at radius 1 is 1.07 bits per heavy atom. The normalized spacial score (nSPS) is 11.6. The topological polar surface area (TPSA) is 75.8 Å². The van der Waals surface area contributed by atoms with Crippen LogP contribution in [0.2, 0.25) is 0 Å². The molecule has 0 saturated carbocycles. The second kappa shape index (κ2) is 7.23. The van der Waals surface area contributed by atoms with Gasteiger partial charge < -0.3 is 8.94 Å². The zero-order valence-corrected chi connectivity index (χ0v) is 15.9. The van der Waals surface area contributed by atoms with E-state index in [2.05, 4.69) is 16.2 Å². The Morgan fingerprint density at radius 3 is 2.76 bits per heavy atom. The fraction of sp³-hybridized carbons (Fsp3) is 0. The van der Waals surface area contributed by atoms with E-state index in [1.165, 1.54) is 11.3 Å². The quantitative estimate of drug-likeness (QED) is 0.335. The second-order valence-corrected chi connectivity index (χ2v) is 7.20. The van der Waals surface area contributed by atoms with Crippen molar-refractivity contribution in [3.63, 3.8) is 0 Å². The van der Waals surface area contributed by atoms with Crippen LogP contribution in [0.15, 0.2) is 81.2 Å². The predicted molar refractivity (Wildman–Crippen MR) is 113 cm³/mol. The number of nitriles is 1. The Hall–Kier alpha value is -3.95. The molecule has 3 heterocycles. The van der Waals surface area contributed by atoms with E-state index in [0.717, 1.165) is 27.7 Å². The van der Waals surface area contributed by atoms with Gasteiger partial charge in [-0.05, 0) is 35.9 Å². The van der Waals surface area contributed by atoms with E-state index >= 15 is 0 Å². The van der Waals surface area contributed by atoms with E-state index in [1.807, 2.05) is 72.1 Å². The zero-order chi connectivity index (χ0) is 19.6. The van der Waals surface area contributed by atoms with Gasteiger partial charge in [0.1, 0.15) is 22.3 Å². The fourth-order valence-corrected chi connectivity index (χ4v) is 3.86. The molecule has 0 saturated heterocycles. The third-order valence-electron chi connectivity index (χ3n) is 4.48. The van der Waals surface area contributed by atoms with Crippen LogP contribution in [0.4, 0.5) is 0 Å². The summed E-state index contributed by atoms with van der Waals surface area (Å²) in [5.74, 6) is 1.40. The third kappa shape index (κ3) is 3.24. The number of rotatable bonds is 4. The molecule has 6 heteroatoms. The summed E-state index contributed by atoms with van der Waals surface area (Å²) in [6.07, 6.45) is 3.43. The number of benzene rings is 2. The van der Waals surface area contributed by atoms with Gasteiger partial charge in [0.15, 0.2) is 11.5 Å². The van der Waals surface area contributed by atoms with Crippen molar-refractivity contribution in [2.24, 2.45) is 0 Å². The van der Waals surface area contributed by atoms with Gasteiger partial charge in [0.05, 0.1) is 17.2 Å². The first-order valence-electron chi connectivity index (χ1n) is 8.88. The minimum Gasteiger partial charge on any atom is -0.463 e. The van der Waals surface area contributed by atoms with Gasteiger partial charge in [-0.25, -0.2) is 4.98 Å². The number of nitrogens with zero attached hydrogens (tertiary/aromatic N) is 3. The van der Waals surface area contributed by atoms with Crippen LogP contribution in [0.1, 0.15) is 10.6 Å². The van der Waals surface area contributed by atoms with Gasteiger partial charge in [-0.3, -0.25) is 0 Å². The Labute approximate surface area is 170 Å². The molecule has 5 aromatic rings. The second-order valence-electron chi connectivity index (χ2n) is 6.34. The molecule has 2 aromatic carbocycles. The molecule has 0 fully saturated rings. The van der Waals surface area contributed by atoms with Crippen LogP contribution in [0.5, 0.6) is 0 Å². The lowest BCUT2D eigenvalue weighted by molar-refractivity contribution is 0.441. The summed E-state index contributed by atoms with van der Waals surface area (Å²) in [4.78, 5) is 4.54. The van der Waals surface area contributed by atoms with Gasteiger partial charge in [0, 0.05) is 10.9 Å². The van der Waals surface area contributed by atoms with Gasteiger partial charge in [0.2, 0.25) is 0 Å². The van der Waals surface area contributed by atoms with Gasteiger partial charge >= 0.3 is 0 Å². The molecule has 5 nitrogen and oxygen atoms in total. The van der Waals surface area contributed by atoms with E-state index in [-0.39, 0.29) is 0 Å². The van der Waals surface area contributed by atoms with Crippen LogP contribution in [-0.4, -0.2) is 10.1 Å². The number of thiazole rings is 1. The van der Waals surface area contributed by atoms with Crippen LogP contribution < -0.4 is 0 Å². The first-order chi connectivity index (χ1) is 14.3. The van der Waals surface area contributed by atoms with Crippen LogP contribution in [0.25, 0.3) is 45.3 Å². The maximum atomic E-state index is 9.68. The van der Waals surface area contributed by atoms with Gasteiger partial charge in [0.25, 0.3) is 0 Å².